The van der Waals surface area contributed by atoms with Crippen LogP contribution >= 0.6 is 47.7 Å². The molecule has 0 amide bonds. The van der Waals surface area contributed by atoms with Gasteiger partial charge in [0.05, 0.1) is 64.4 Å². The van der Waals surface area contributed by atoms with Crippen LogP contribution in [-0.2, 0) is 58.5 Å². The van der Waals surface area contributed by atoms with Gasteiger partial charge in [-0.2, -0.15) is 55.2 Å². The molecule has 6 aromatic rings. The van der Waals surface area contributed by atoms with Crippen LogP contribution in [0.4, 0.5) is 46.5 Å². The van der Waals surface area contributed by atoms with Crippen molar-refractivity contribution in [2.45, 2.75) is 29.4 Å². The Morgan fingerprint density at radius 3 is 1.68 bits per heavy atom. The predicted octanol–water partition coefficient (Wildman–Crippen LogP) is 6.89. The monoisotopic (exact) mass is 1090 g/mol. The first-order chi connectivity index (χ1) is 32.8. The number of anilines is 8. The molecule has 0 unspecified atom stereocenters. The molecule has 2 heterocycles. The minimum Gasteiger partial charge on any atom is -0.467 e. The summed E-state index contributed by atoms with van der Waals surface area (Å²) in [5, 5.41) is 47.4. The van der Waals surface area contributed by atoms with Gasteiger partial charge in [0.1, 0.15) is 9.79 Å². The lowest BCUT2D eigenvalue weighted by Crippen LogP contribution is -2.08. The summed E-state index contributed by atoms with van der Waals surface area (Å²) < 4.78 is 121. The van der Waals surface area contributed by atoms with Crippen molar-refractivity contribution < 1.29 is 87.5 Å². The summed E-state index contributed by atoms with van der Waals surface area (Å²) in [5.41, 5.74) is 0.238. The lowest BCUT2D eigenvalue weighted by atomic mass is 10.1. The fraction of sp³-hybridized carbons (Fsp3) is 0.0303. The third-order valence-corrected chi connectivity index (χ3v) is 12.8. The van der Waals surface area contributed by atoms with Gasteiger partial charge in [0, 0.05) is 21.2 Å². The van der Waals surface area contributed by atoms with E-state index in [1.165, 1.54) is 67.8 Å². The van der Waals surface area contributed by atoms with Gasteiger partial charge in [-0.3, -0.25) is 13.7 Å². The molecule has 69 heavy (non-hydrogen) atoms. The minimum atomic E-state index is -4.94. The van der Waals surface area contributed by atoms with E-state index in [1.807, 2.05) is 0 Å². The van der Waals surface area contributed by atoms with E-state index in [-0.39, 0.29) is 72.8 Å². The van der Waals surface area contributed by atoms with Crippen molar-refractivity contribution >= 4 is 137 Å². The number of aromatic nitrogens is 6. The van der Waals surface area contributed by atoms with E-state index >= 15 is 0 Å². The highest BCUT2D eigenvalue weighted by Gasteiger charge is 2.21. The molecular formula is C33H27ClN10O19S6. The highest BCUT2D eigenvalue weighted by atomic mass is 35.5. The Morgan fingerprint density at radius 1 is 0.536 bits per heavy atom. The number of ether oxygens (including phenoxy) is 1. The van der Waals surface area contributed by atoms with E-state index in [9.17, 15) is 38.9 Å². The fourth-order valence-corrected chi connectivity index (χ4v) is 8.72. The number of rotatable bonds is 23. The summed E-state index contributed by atoms with van der Waals surface area (Å²) in [5.74, 6) is -1.03. The molecule has 4 aromatic carbocycles. The van der Waals surface area contributed by atoms with Crippen molar-refractivity contribution in [1.29, 1.82) is 0 Å². The predicted molar refractivity (Wildman–Crippen MR) is 240 cm³/mol. The van der Waals surface area contributed by atoms with Gasteiger partial charge >= 0.3 is 6.01 Å². The molecule has 0 saturated carbocycles. The molecule has 2 aromatic heterocycles. The Bertz CT molecular complexity index is 3220. The van der Waals surface area contributed by atoms with Gasteiger partial charge in [-0.25, -0.2) is 15.8 Å². The van der Waals surface area contributed by atoms with Crippen molar-refractivity contribution in [1.82, 2.24) is 29.9 Å². The van der Waals surface area contributed by atoms with Gasteiger partial charge in [-0.1, -0.05) is 39.4 Å². The smallest absolute Gasteiger partial charge is 0.322 e. The SMILES string of the molecule is COc1nc(Nc2ccc(/C=C/c3ccc(Nc4nc(Cl)nc(Nc5cc(SOOO)ccc5S(=O)(=O)O)n4)cc3S(=O)(=O)O)c(SOOO)c2)nc(Nc2cc(S(=O)(=O)O)ccc2SOOO)n1. The molecule has 0 aliphatic carbocycles. The molecule has 0 aliphatic heterocycles. The average molecular weight is 1100 g/mol. The number of hydrogen-bond donors (Lipinski definition) is 10. The molecule has 0 saturated heterocycles. The maximum atomic E-state index is 12.7. The van der Waals surface area contributed by atoms with E-state index in [0.717, 1.165) is 24.3 Å². The maximum absolute atomic E-state index is 12.7. The third kappa shape index (κ3) is 14.9. The van der Waals surface area contributed by atoms with Crippen LogP contribution in [0.3, 0.4) is 0 Å². The zero-order chi connectivity index (χ0) is 49.9. The topological polar surface area (TPSA) is 414 Å². The number of benzene rings is 4. The number of methoxy groups -OCH3 is 1. The first-order valence-corrected chi connectivity index (χ1v) is 24.6. The molecule has 0 aliphatic rings. The van der Waals surface area contributed by atoms with Crippen molar-refractivity contribution in [3.63, 3.8) is 0 Å². The van der Waals surface area contributed by atoms with Gasteiger partial charge in [0.2, 0.25) is 29.1 Å². The van der Waals surface area contributed by atoms with Gasteiger partial charge in [-0.15, -0.1) is 13.0 Å². The summed E-state index contributed by atoms with van der Waals surface area (Å²) in [6, 6.07) is 14.6. The molecule has 29 nitrogen and oxygen atoms in total. The zero-order valence-corrected chi connectivity index (χ0v) is 39.2. The maximum Gasteiger partial charge on any atom is 0.322 e. The summed E-state index contributed by atoms with van der Waals surface area (Å²) in [6.45, 7) is 0. The number of hydrogen-bond acceptors (Lipinski definition) is 29. The summed E-state index contributed by atoms with van der Waals surface area (Å²) in [4.78, 5) is 23.2. The van der Waals surface area contributed by atoms with E-state index in [0.29, 0.717) is 41.7 Å². The third-order valence-electron chi connectivity index (χ3n) is 8.11. The first-order valence-electron chi connectivity index (χ1n) is 17.7. The first kappa shape index (κ1) is 52.7. The second kappa shape index (κ2) is 23.3. The molecule has 0 atom stereocenters. The standard InChI is InChI=1S/C33H27ClN10O19S6/c1-57-33-43-30(42-32(44-33)37-22-15-21(67(48,49)50)9-10-24(22)65-62-59-46)35-18-6-4-16(25(12-18)66-63-60-47)2-3-17-5-7-19(13-27(17)69(54,55)56)36-29-39-28(34)40-31(41-29)38-23-14-20(64-61-58-45)8-11-26(23)68(51,52)53/h2-15,45-47H,1H3,(H,48,49,50)(H,51,52,53)(H,54,55,56)(H2,35,37,42,43,44)(H2,36,38,39,40,41)/b3-2+. The van der Waals surface area contributed by atoms with Crippen LogP contribution in [0.2, 0.25) is 5.28 Å². The molecule has 10 N–H and O–H groups in total. The molecule has 36 heteroatoms. The van der Waals surface area contributed by atoms with Crippen molar-refractivity contribution in [3.05, 3.63) is 89.2 Å². The normalized spacial score (nSPS) is 12.0. The van der Waals surface area contributed by atoms with Crippen LogP contribution in [0.1, 0.15) is 11.1 Å². The van der Waals surface area contributed by atoms with Crippen LogP contribution in [0.5, 0.6) is 6.01 Å². The number of halogens is 1. The van der Waals surface area contributed by atoms with E-state index in [4.69, 9.17) is 32.1 Å². The van der Waals surface area contributed by atoms with Crippen molar-refractivity contribution in [2.24, 2.45) is 0 Å². The van der Waals surface area contributed by atoms with Gasteiger partial charge in [-0.05, 0) is 83.4 Å². The van der Waals surface area contributed by atoms with Crippen molar-refractivity contribution in [3.8, 4) is 6.01 Å². The fourth-order valence-electron chi connectivity index (χ4n) is 5.38. The van der Waals surface area contributed by atoms with Gasteiger partial charge in [0.15, 0.2) is 0 Å². The highest BCUT2D eigenvalue weighted by molar-refractivity contribution is 7.95. The number of nitrogens with zero attached hydrogens (tertiary/aromatic N) is 6. The van der Waals surface area contributed by atoms with E-state index < -0.39 is 50.3 Å². The van der Waals surface area contributed by atoms with E-state index in [1.54, 1.807) is 0 Å². The van der Waals surface area contributed by atoms with Gasteiger partial charge in [0.25, 0.3) is 30.4 Å². The summed E-state index contributed by atoms with van der Waals surface area (Å²) in [6.07, 6.45) is 2.73. The van der Waals surface area contributed by atoms with Gasteiger partial charge < -0.3 is 26.0 Å². The molecule has 366 valence electrons. The summed E-state index contributed by atoms with van der Waals surface area (Å²) >= 11 is 7.54. The highest BCUT2D eigenvalue weighted by Crippen LogP contribution is 2.35. The Morgan fingerprint density at radius 2 is 1.07 bits per heavy atom. The Kier molecular flexibility index (Phi) is 17.8. The van der Waals surface area contributed by atoms with Crippen molar-refractivity contribution in [2.75, 3.05) is 28.4 Å². The Hall–Kier alpha value is -5.65. The summed E-state index contributed by atoms with van der Waals surface area (Å²) in [7, 11) is -13.2. The second-order valence-electron chi connectivity index (χ2n) is 12.5. The lowest BCUT2D eigenvalue weighted by molar-refractivity contribution is -0.432. The van der Waals surface area contributed by atoms with Crippen LogP contribution < -0.4 is 26.0 Å². The molecular weight excluding hydrogens is 1070 g/mol. The zero-order valence-electron chi connectivity index (χ0n) is 33.6. The number of nitrogens with one attached hydrogen (secondary N) is 4. The molecule has 0 fully saturated rings. The van der Waals surface area contributed by atoms with Crippen LogP contribution in [0.25, 0.3) is 12.2 Å². The molecule has 6 rings (SSSR count). The van der Waals surface area contributed by atoms with Crippen LogP contribution in [0, 0.1) is 0 Å². The minimum absolute atomic E-state index is 0.00378. The molecule has 0 spiro atoms. The molecule has 0 bridgehead atoms. The quantitative estimate of drug-likeness (QED) is 0.0103. The largest absolute Gasteiger partial charge is 0.467 e. The average Bonchev–Trinajstić information content (AvgIpc) is 3.28. The lowest BCUT2D eigenvalue weighted by Gasteiger charge is -2.13. The Labute approximate surface area is 405 Å². The Balaban J connectivity index is 1.25. The van der Waals surface area contributed by atoms with Crippen LogP contribution in [0.15, 0.2) is 102 Å². The van der Waals surface area contributed by atoms with Crippen LogP contribution in [-0.4, -0.2) is 91.7 Å². The molecule has 0 radical (unpaired) electrons. The second-order valence-corrected chi connectivity index (χ2v) is 19.3. The van der Waals surface area contributed by atoms with E-state index in [2.05, 4.69) is 79.3 Å².